The van der Waals surface area contributed by atoms with E-state index >= 15 is 0 Å². The maximum atomic E-state index is 2.78. The molecule has 1 unspecified atom stereocenters. The van der Waals surface area contributed by atoms with E-state index in [2.05, 4.69) is 39.4 Å². The summed E-state index contributed by atoms with van der Waals surface area (Å²) in [5.74, 6) is 0. The van der Waals surface area contributed by atoms with Crippen molar-refractivity contribution in [2.24, 2.45) is 0 Å². The second-order valence-corrected chi connectivity index (χ2v) is 4.20. The van der Waals surface area contributed by atoms with Gasteiger partial charge in [0.2, 0.25) is 0 Å². The largest absolute Gasteiger partial charge is 0.302 e. The summed E-state index contributed by atoms with van der Waals surface area (Å²) in [4.78, 5) is 2.38. The van der Waals surface area contributed by atoms with Crippen LogP contribution in [0.1, 0.15) is 16.7 Å². The second kappa shape index (κ2) is 3.77. The van der Waals surface area contributed by atoms with Crippen molar-refractivity contribution in [3.05, 3.63) is 34.9 Å². The highest BCUT2D eigenvalue weighted by Gasteiger charge is 2.12. The molecule has 0 N–H and O–H groups in total. The average Bonchev–Trinajstić information content (AvgIpc) is 2.17. The Morgan fingerprint density at radius 1 is 1.38 bits per heavy atom. The lowest BCUT2D eigenvalue weighted by Gasteiger charge is -2.25. The maximum Gasteiger partial charge on any atom is 0.0233 e. The first kappa shape index (κ1) is 9.18. The van der Waals surface area contributed by atoms with Crippen molar-refractivity contribution in [1.29, 1.82) is 0 Å². The quantitative estimate of drug-likeness (QED) is 0.617. The van der Waals surface area contributed by atoms with Gasteiger partial charge in [-0.25, -0.2) is 0 Å². The molecule has 70 valence electrons. The Kier molecular flexibility index (Phi) is 2.66. The lowest BCUT2D eigenvalue weighted by atomic mass is 9.98. The van der Waals surface area contributed by atoms with Crippen LogP contribution in [0.25, 0.3) is 0 Å². The molecule has 0 bridgehead atoms. The van der Waals surface area contributed by atoms with Gasteiger partial charge in [-0.3, -0.25) is 0 Å². The molecule has 1 aromatic carbocycles. The van der Waals surface area contributed by atoms with Crippen LogP contribution in [0.2, 0.25) is 0 Å². The Hall–Kier alpha value is -0.390. The number of rotatable bonds is 1. The zero-order chi connectivity index (χ0) is 9.26. The van der Waals surface area contributed by atoms with E-state index in [1.54, 1.807) is 5.56 Å². The summed E-state index contributed by atoms with van der Waals surface area (Å²) in [6.07, 6.45) is 2.29. The van der Waals surface area contributed by atoms with Crippen molar-refractivity contribution >= 4 is 9.24 Å². The molecule has 1 heterocycles. The molecule has 0 saturated carbocycles. The van der Waals surface area contributed by atoms with Crippen LogP contribution in [0, 0.1) is 0 Å². The third-order valence-electron chi connectivity index (χ3n) is 2.71. The van der Waals surface area contributed by atoms with E-state index in [9.17, 15) is 0 Å². The highest BCUT2D eigenvalue weighted by molar-refractivity contribution is 7.15. The van der Waals surface area contributed by atoms with Crippen molar-refractivity contribution < 1.29 is 0 Å². The number of benzene rings is 1. The first-order valence-electron chi connectivity index (χ1n) is 4.79. The van der Waals surface area contributed by atoms with Crippen LogP contribution in [-0.4, -0.2) is 18.5 Å². The summed E-state index contributed by atoms with van der Waals surface area (Å²) in [5.41, 5.74) is 4.50. The standard InChI is InChI=1S/C11H16NP/c1-12-5-4-10-6-9(8-13)2-3-11(10)7-12/h2-3,6H,4-5,7-8,13H2,1H3. The lowest BCUT2D eigenvalue weighted by Crippen LogP contribution is -2.26. The van der Waals surface area contributed by atoms with Gasteiger partial charge in [0.05, 0.1) is 0 Å². The van der Waals surface area contributed by atoms with Crippen LogP contribution in [0.5, 0.6) is 0 Å². The summed E-state index contributed by atoms with van der Waals surface area (Å²) < 4.78 is 0. The molecule has 13 heavy (non-hydrogen) atoms. The predicted molar refractivity (Wildman–Crippen MR) is 59.9 cm³/mol. The Morgan fingerprint density at radius 2 is 2.23 bits per heavy atom. The van der Waals surface area contributed by atoms with Crippen molar-refractivity contribution in [1.82, 2.24) is 4.90 Å². The minimum atomic E-state index is 1.07. The SMILES string of the molecule is CN1CCc2cc(CP)ccc2C1. The Bertz CT molecular complexity index is 309. The molecule has 1 atom stereocenters. The zero-order valence-corrected chi connectivity index (χ0v) is 9.24. The zero-order valence-electron chi connectivity index (χ0n) is 8.09. The number of nitrogens with zero attached hydrogens (tertiary/aromatic N) is 1. The van der Waals surface area contributed by atoms with E-state index in [1.807, 2.05) is 0 Å². The lowest BCUT2D eigenvalue weighted by molar-refractivity contribution is 0.313. The summed E-state index contributed by atoms with van der Waals surface area (Å²) in [6.45, 7) is 2.32. The van der Waals surface area contributed by atoms with Crippen molar-refractivity contribution in [2.45, 2.75) is 19.1 Å². The van der Waals surface area contributed by atoms with E-state index in [0.29, 0.717) is 0 Å². The Morgan fingerprint density at radius 3 is 3.00 bits per heavy atom. The van der Waals surface area contributed by atoms with Crippen LogP contribution >= 0.6 is 9.24 Å². The summed E-state index contributed by atoms with van der Waals surface area (Å²) >= 11 is 0. The van der Waals surface area contributed by atoms with Crippen LogP contribution in [0.15, 0.2) is 18.2 Å². The molecule has 0 amide bonds. The van der Waals surface area contributed by atoms with Gasteiger partial charge in [0, 0.05) is 13.1 Å². The molecular formula is C11H16NP. The maximum absolute atomic E-state index is 2.78. The number of fused-ring (bicyclic) bond motifs is 1. The Balaban J connectivity index is 2.31. The first-order chi connectivity index (χ1) is 6.29. The van der Waals surface area contributed by atoms with Gasteiger partial charge >= 0.3 is 0 Å². The van der Waals surface area contributed by atoms with Gasteiger partial charge in [-0.2, -0.15) is 0 Å². The van der Waals surface area contributed by atoms with Gasteiger partial charge in [-0.15, -0.1) is 9.24 Å². The smallest absolute Gasteiger partial charge is 0.0233 e. The topological polar surface area (TPSA) is 3.24 Å². The number of hydrogen-bond acceptors (Lipinski definition) is 1. The fourth-order valence-electron chi connectivity index (χ4n) is 1.87. The molecule has 1 aliphatic rings. The fraction of sp³-hybridized carbons (Fsp3) is 0.455. The van der Waals surface area contributed by atoms with Crippen LogP contribution in [-0.2, 0) is 19.1 Å². The molecule has 0 spiro atoms. The summed E-state index contributed by atoms with van der Waals surface area (Å²) in [7, 11) is 4.97. The van der Waals surface area contributed by atoms with Gasteiger partial charge in [-0.05, 0) is 36.3 Å². The summed E-state index contributed by atoms with van der Waals surface area (Å²) in [6, 6.07) is 6.88. The molecular weight excluding hydrogens is 177 g/mol. The minimum Gasteiger partial charge on any atom is -0.302 e. The molecule has 2 rings (SSSR count). The van der Waals surface area contributed by atoms with E-state index in [-0.39, 0.29) is 0 Å². The minimum absolute atomic E-state index is 1.07. The van der Waals surface area contributed by atoms with Gasteiger partial charge in [-0.1, -0.05) is 18.2 Å². The van der Waals surface area contributed by atoms with Crippen LogP contribution < -0.4 is 0 Å². The van der Waals surface area contributed by atoms with Gasteiger partial charge in [0.15, 0.2) is 0 Å². The highest BCUT2D eigenvalue weighted by atomic mass is 31.0. The van der Waals surface area contributed by atoms with Crippen molar-refractivity contribution in [2.75, 3.05) is 13.6 Å². The average molecular weight is 193 g/mol. The van der Waals surface area contributed by atoms with Gasteiger partial charge < -0.3 is 4.90 Å². The second-order valence-electron chi connectivity index (χ2n) is 3.79. The van der Waals surface area contributed by atoms with E-state index in [4.69, 9.17) is 0 Å². The highest BCUT2D eigenvalue weighted by Crippen LogP contribution is 2.20. The molecule has 0 fully saturated rings. The monoisotopic (exact) mass is 193 g/mol. The van der Waals surface area contributed by atoms with E-state index in [1.165, 1.54) is 24.1 Å². The molecule has 1 nitrogen and oxygen atoms in total. The molecule has 0 aromatic heterocycles. The predicted octanol–water partition coefficient (Wildman–Crippen LogP) is 2.05. The van der Waals surface area contributed by atoms with Crippen LogP contribution in [0.4, 0.5) is 0 Å². The first-order valence-corrected chi connectivity index (χ1v) is 5.60. The van der Waals surface area contributed by atoms with E-state index in [0.717, 1.165) is 12.7 Å². The molecule has 0 aliphatic carbocycles. The normalized spacial score (nSPS) is 17.1. The number of likely N-dealkylation sites (N-methyl/N-ethyl adjacent to an activating group) is 1. The van der Waals surface area contributed by atoms with Gasteiger partial charge in [0.25, 0.3) is 0 Å². The molecule has 1 aromatic rings. The van der Waals surface area contributed by atoms with Crippen LogP contribution in [0.3, 0.4) is 0 Å². The third-order valence-corrected chi connectivity index (χ3v) is 3.18. The summed E-state index contributed by atoms with van der Waals surface area (Å²) in [5, 5.41) is 0. The third kappa shape index (κ3) is 1.92. The van der Waals surface area contributed by atoms with Crippen molar-refractivity contribution in [3.8, 4) is 0 Å². The van der Waals surface area contributed by atoms with E-state index < -0.39 is 0 Å². The van der Waals surface area contributed by atoms with Gasteiger partial charge in [0.1, 0.15) is 0 Å². The Labute approximate surface area is 82.3 Å². The van der Waals surface area contributed by atoms with Crippen molar-refractivity contribution in [3.63, 3.8) is 0 Å². The molecule has 2 heteroatoms. The fourth-order valence-corrected chi connectivity index (χ4v) is 2.13. The molecule has 1 aliphatic heterocycles. The molecule has 0 saturated heterocycles. The molecule has 0 radical (unpaired) electrons. The number of hydrogen-bond donors (Lipinski definition) is 0.